The van der Waals surface area contributed by atoms with Gasteiger partial charge in [0.05, 0.1) is 18.2 Å². The second-order valence-corrected chi connectivity index (χ2v) is 6.09. The first kappa shape index (κ1) is 14.6. The fraction of sp³-hybridized carbons (Fsp3) is 0.923. The number of carbonyl (C=O) groups excluding carboxylic acids is 1. The Morgan fingerprint density at radius 2 is 2.05 bits per heavy atom. The Labute approximate surface area is 114 Å². The van der Waals surface area contributed by atoms with Crippen molar-refractivity contribution < 1.29 is 14.6 Å². The molecule has 1 atom stereocenters. The lowest BCUT2D eigenvalue weighted by molar-refractivity contribution is 0.0223. The van der Waals surface area contributed by atoms with Gasteiger partial charge in [-0.05, 0) is 20.3 Å². The second-order valence-electron chi connectivity index (χ2n) is 6.09. The molecule has 2 heterocycles. The molecular formula is C13H25N3O3. The standard InChI is InChI=1S/C13H25N3O3/c1-13(2,18)10-15-4-6-16(7-5-15)12(17)14-11-3-8-19-9-11/h11,18H,3-10H2,1-2H3,(H,14,17). The number of ether oxygens (including phenoxy) is 1. The maximum absolute atomic E-state index is 12.0. The smallest absolute Gasteiger partial charge is 0.317 e. The summed E-state index contributed by atoms with van der Waals surface area (Å²) < 4.78 is 5.25. The van der Waals surface area contributed by atoms with Crippen LogP contribution in [-0.4, -0.2) is 78.5 Å². The van der Waals surface area contributed by atoms with Gasteiger partial charge in [-0.25, -0.2) is 4.79 Å². The normalized spacial score (nSPS) is 25.6. The Morgan fingerprint density at radius 1 is 1.37 bits per heavy atom. The molecule has 1 unspecified atom stereocenters. The number of urea groups is 1. The summed E-state index contributed by atoms with van der Waals surface area (Å²) in [5, 5.41) is 12.8. The van der Waals surface area contributed by atoms with Crippen LogP contribution in [0.25, 0.3) is 0 Å². The lowest BCUT2D eigenvalue weighted by Crippen LogP contribution is -2.55. The number of carbonyl (C=O) groups is 1. The van der Waals surface area contributed by atoms with Gasteiger partial charge in [0.25, 0.3) is 0 Å². The summed E-state index contributed by atoms with van der Waals surface area (Å²) in [6.07, 6.45) is 0.907. The molecule has 0 radical (unpaired) electrons. The second kappa shape index (κ2) is 6.07. The van der Waals surface area contributed by atoms with Gasteiger partial charge >= 0.3 is 6.03 Å². The minimum absolute atomic E-state index is 0.0124. The quantitative estimate of drug-likeness (QED) is 0.751. The molecule has 0 aromatic carbocycles. The van der Waals surface area contributed by atoms with E-state index in [1.165, 1.54) is 0 Å². The van der Waals surface area contributed by atoms with Crippen LogP contribution in [0.5, 0.6) is 0 Å². The molecule has 19 heavy (non-hydrogen) atoms. The van der Waals surface area contributed by atoms with Crippen LogP contribution in [0.3, 0.4) is 0 Å². The molecule has 2 amide bonds. The van der Waals surface area contributed by atoms with E-state index in [0.29, 0.717) is 13.2 Å². The lowest BCUT2D eigenvalue weighted by Gasteiger charge is -2.37. The largest absolute Gasteiger partial charge is 0.389 e. The SMILES string of the molecule is CC(C)(O)CN1CCN(C(=O)NC2CCOC2)CC1. The van der Waals surface area contributed by atoms with Crippen molar-refractivity contribution in [3.05, 3.63) is 0 Å². The van der Waals surface area contributed by atoms with Crippen LogP contribution in [0.1, 0.15) is 20.3 Å². The Morgan fingerprint density at radius 3 is 2.58 bits per heavy atom. The van der Waals surface area contributed by atoms with Crippen LogP contribution in [0.15, 0.2) is 0 Å². The Bertz CT molecular complexity index is 303. The predicted molar refractivity (Wildman–Crippen MR) is 72.1 cm³/mol. The minimum atomic E-state index is -0.675. The molecule has 6 heteroatoms. The van der Waals surface area contributed by atoms with Crippen LogP contribution >= 0.6 is 0 Å². The van der Waals surface area contributed by atoms with E-state index in [1.807, 2.05) is 18.7 Å². The molecule has 2 fully saturated rings. The number of hydrogen-bond donors (Lipinski definition) is 2. The van der Waals surface area contributed by atoms with Crippen molar-refractivity contribution in [1.82, 2.24) is 15.1 Å². The molecule has 2 rings (SSSR count). The molecule has 0 spiro atoms. The highest BCUT2D eigenvalue weighted by atomic mass is 16.5. The van der Waals surface area contributed by atoms with E-state index in [1.54, 1.807) is 0 Å². The van der Waals surface area contributed by atoms with E-state index in [-0.39, 0.29) is 12.1 Å². The number of piperazine rings is 1. The van der Waals surface area contributed by atoms with E-state index < -0.39 is 5.60 Å². The molecule has 2 N–H and O–H groups in total. The first-order valence-corrected chi connectivity index (χ1v) is 7.02. The van der Waals surface area contributed by atoms with Crippen LogP contribution < -0.4 is 5.32 Å². The van der Waals surface area contributed by atoms with E-state index in [0.717, 1.165) is 39.2 Å². The molecular weight excluding hydrogens is 246 g/mol. The van der Waals surface area contributed by atoms with Gasteiger partial charge in [-0.15, -0.1) is 0 Å². The molecule has 0 bridgehead atoms. The Kier molecular flexibility index (Phi) is 4.65. The van der Waals surface area contributed by atoms with Gasteiger partial charge in [0.1, 0.15) is 0 Å². The van der Waals surface area contributed by atoms with E-state index in [4.69, 9.17) is 4.74 Å². The zero-order valence-corrected chi connectivity index (χ0v) is 11.9. The molecule has 0 saturated carbocycles. The first-order chi connectivity index (χ1) is 8.94. The number of β-amino-alcohol motifs (C(OH)–C–C–N with tert-alkyl or cyclic N) is 1. The van der Waals surface area contributed by atoms with Crippen LogP contribution in [0.2, 0.25) is 0 Å². The average molecular weight is 271 g/mol. The maximum atomic E-state index is 12.0. The predicted octanol–water partition coefficient (Wildman–Crippen LogP) is -0.127. The summed E-state index contributed by atoms with van der Waals surface area (Å²) in [6.45, 7) is 8.72. The highest BCUT2D eigenvalue weighted by Gasteiger charge is 2.26. The van der Waals surface area contributed by atoms with Crippen LogP contribution in [0.4, 0.5) is 4.79 Å². The summed E-state index contributed by atoms with van der Waals surface area (Å²) in [7, 11) is 0. The summed E-state index contributed by atoms with van der Waals surface area (Å²) >= 11 is 0. The molecule has 2 saturated heterocycles. The number of aliphatic hydroxyl groups is 1. The zero-order chi connectivity index (χ0) is 13.9. The highest BCUT2D eigenvalue weighted by Crippen LogP contribution is 2.10. The van der Waals surface area contributed by atoms with Crippen molar-refractivity contribution in [1.29, 1.82) is 0 Å². The van der Waals surface area contributed by atoms with Gasteiger partial charge in [0, 0.05) is 39.3 Å². The number of nitrogens with one attached hydrogen (secondary N) is 1. The highest BCUT2D eigenvalue weighted by molar-refractivity contribution is 5.74. The third-order valence-electron chi connectivity index (χ3n) is 3.53. The third kappa shape index (κ3) is 4.63. The van der Waals surface area contributed by atoms with Gasteiger partial charge in [-0.1, -0.05) is 0 Å². The number of nitrogens with zero attached hydrogens (tertiary/aromatic N) is 2. The average Bonchev–Trinajstić information content (AvgIpc) is 2.80. The maximum Gasteiger partial charge on any atom is 0.317 e. The van der Waals surface area contributed by atoms with E-state index in [2.05, 4.69) is 10.2 Å². The fourth-order valence-electron chi connectivity index (χ4n) is 2.57. The number of hydrogen-bond acceptors (Lipinski definition) is 4. The van der Waals surface area contributed by atoms with Crippen molar-refractivity contribution in [3.63, 3.8) is 0 Å². The molecule has 2 aliphatic heterocycles. The van der Waals surface area contributed by atoms with Gasteiger partial charge in [0.15, 0.2) is 0 Å². The Balaban J connectivity index is 1.71. The minimum Gasteiger partial charge on any atom is -0.389 e. The van der Waals surface area contributed by atoms with Gasteiger partial charge in [-0.3, -0.25) is 4.90 Å². The van der Waals surface area contributed by atoms with Gasteiger partial charge in [-0.2, -0.15) is 0 Å². The molecule has 2 aliphatic rings. The molecule has 0 aromatic rings. The Hall–Kier alpha value is -0.850. The molecule has 0 aromatic heterocycles. The van der Waals surface area contributed by atoms with Crippen molar-refractivity contribution in [3.8, 4) is 0 Å². The van der Waals surface area contributed by atoms with Crippen molar-refractivity contribution >= 4 is 6.03 Å². The lowest BCUT2D eigenvalue weighted by atomic mass is 10.1. The summed E-state index contributed by atoms with van der Waals surface area (Å²) in [5.74, 6) is 0. The van der Waals surface area contributed by atoms with Crippen LogP contribution in [0, 0.1) is 0 Å². The fourth-order valence-corrected chi connectivity index (χ4v) is 2.57. The third-order valence-corrected chi connectivity index (χ3v) is 3.53. The first-order valence-electron chi connectivity index (χ1n) is 7.02. The number of amides is 2. The summed E-state index contributed by atoms with van der Waals surface area (Å²) in [6, 6.07) is 0.181. The summed E-state index contributed by atoms with van der Waals surface area (Å²) in [5.41, 5.74) is -0.675. The molecule has 6 nitrogen and oxygen atoms in total. The topological polar surface area (TPSA) is 65.0 Å². The van der Waals surface area contributed by atoms with Gasteiger partial charge in [0.2, 0.25) is 0 Å². The van der Waals surface area contributed by atoms with E-state index >= 15 is 0 Å². The van der Waals surface area contributed by atoms with Crippen molar-refractivity contribution in [2.45, 2.75) is 31.9 Å². The van der Waals surface area contributed by atoms with Crippen LogP contribution in [-0.2, 0) is 4.74 Å². The molecule has 110 valence electrons. The number of rotatable bonds is 3. The zero-order valence-electron chi connectivity index (χ0n) is 11.9. The molecule has 0 aliphatic carbocycles. The summed E-state index contributed by atoms with van der Waals surface area (Å²) in [4.78, 5) is 16.1. The van der Waals surface area contributed by atoms with Gasteiger partial charge < -0.3 is 20.1 Å². The van der Waals surface area contributed by atoms with Crippen molar-refractivity contribution in [2.75, 3.05) is 45.9 Å². The monoisotopic (exact) mass is 271 g/mol. The van der Waals surface area contributed by atoms with Crippen molar-refractivity contribution in [2.24, 2.45) is 0 Å². The van der Waals surface area contributed by atoms with E-state index in [9.17, 15) is 9.90 Å².